The highest BCUT2D eigenvalue weighted by atomic mass is 19.1. The minimum absolute atomic E-state index is 0.257. The maximum Gasteiger partial charge on any atom is 0.123 e. The van der Waals surface area contributed by atoms with Crippen molar-refractivity contribution >= 4 is 0 Å². The van der Waals surface area contributed by atoms with Gasteiger partial charge in [0.25, 0.3) is 0 Å². The number of hydrogen-bond acceptors (Lipinski definition) is 2. The fourth-order valence-corrected chi connectivity index (χ4v) is 2.88. The van der Waals surface area contributed by atoms with Crippen LogP contribution in [0.5, 0.6) is 0 Å². The smallest absolute Gasteiger partial charge is 0.123 e. The largest absolute Gasteiger partial charge is 0.385 e. The summed E-state index contributed by atoms with van der Waals surface area (Å²) in [5, 5.41) is 14.1. The third-order valence-corrected chi connectivity index (χ3v) is 3.89. The summed E-state index contributed by atoms with van der Waals surface area (Å²) in [6.07, 6.45) is 3.29. The Morgan fingerprint density at radius 3 is 2.56 bits per heavy atom. The average molecular weight is 251 g/mol. The molecular weight excluding hydrogens is 229 g/mol. The van der Waals surface area contributed by atoms with E-state index in [9.17, 15) is 9.50 Å². The first kappa shape index (κ1) is 13.5. The Balaban J connectivity index is 2.13. The van der Waals surface area contributed by atoms with E-state index in [1.54, 1.807) is 0 Å². The topological polar surface area (TPSA) is 32.3 Å². The van der Waals surface area contributed by atoms with Gasteiger partial charge in [0.2, 0.25) is 0 Å². The number of nitrogens with one attached hydrogen (secondary N) is 1. The minimum Gasteiger partial charge on any atom is -0.385 e. The van der Waals surface area contributed by atoms with Crippen LogP contribution in [-0.4, -0.2) is 17.7 Å². The van der Waals surface area contributed by atoms with Gasteiger partial charge in [0.15, 0.2) is 0 Å². The number of hydrogen-bond donors (Lipinski definition) is 2. The monoisotopic (exact) mass is 251 g/mol. The second-order valence-electron chi connectivity index (χ2n) is 5.38. The molecule has 3 heteroatoms. The summed E-state index contributed by atoms with van der Waals surface area (Å²) >= 11 is 0. The minimum atomic E-state index is -0.848. The first-order chi connectivity index (χ1) is 8.53. The second-order valence-corrected chi connectivity index (χ2v) is 5.38. The van der Waals surface area contributed by atoms with E-state index >= 15 is 0 Å². The number of rotatable bonds is 3. The van der Waals surface area contributed by atoms with Crippen LogP contribution in [0.4, 0.5) is 4.39 Å². The summed E-state index contributed by atoms with van der Waals surface area (Å²) in [7, 11) is 0. The molecule has 1 aromatic carbocycles. The molecule has 18 heavy (non-hydrogen) atoms. The lowest BCUT2D eigenvalue weighted by molar-refractivity contribution is -0.00844. The molecule has 0 radical (unpaired) electrons. The van der Waals surface area contributed by atoms with Gasteiger partial charge in [-0.25, -0.2) is 4.39 Å². The summed E-state index contributed by atoms with van der Waals surface area (Å²) in [6, 6.07) is 5.36. The van der Waals surface area contributed by atoms with E-state index < -0.39 is 5.60 Å². The van der Waals surface area contributed by atoms with Gasteiger partial charge in [-0.15, -0.1) is 0 Å². The number of aliphatic hydroxyl groups is 1. The number of benzene rings is 1. The molecule has 0 aliphatic heterocycles. The van der Waals surface area contributed by atoms with Gasteiger partial charge in [-0.1, -0.05) is 13.0 Å². The second kappa shape index (κ2) is 5.37. The zero-order valence-electron chi connectivity index (χ0n) is 11.2. The molecule has 100 valence electrons. The number of halogens is 1. The first-order valence-corrected chi connectivity index (χ1v) is 6.77. The molecule has 0 atom stereocenters. The summed E-state index contributed by atoms with van der Waals surface area (Å²) in [5.41, 5.74) is 0.751. The molecule has 0 amide bonds. The first-order valence-electron chi connectivity index (χ1n) is 6.77. The van der Waals surface area contributed by atoms with Crippen molar-refractivity contribution in [2.45, 2.75) is 51.2 Å². The van der Waals surface area contributed by atoms with Crippen LogP contribution in [0.1, 0.15) is 43.7 Å². The summed E-state index contributed by atoms with van der Waals surface area (Å²) < 4.78 is 13.4. The van der Waals surface area contributed by atoms with Gasteiger partial charge in [-0.05, 0) is 62.4 Å². The molecule has 2 nitrogen and oxygen atoms in total. The van der Waals surface area contributed by atoms with E-state index in [-0.39, 0.29) is 5.82 Å². The van der Waals surface area contributed by atoms with Gasteiger partial charge in [0, 0.05) is 6.04 Å². The Kier molecular flexibility index (Phi) is 4.03. The van der Waals surface area contributed by atoms with Gasteiger partial charge in [0.1, 0.15) is 5.82 Å². The van der Waals surface area contributed by atoms with Gasteiger partial charge in [0.05, 0.1) is 5.60 Å². The van der Waals surface area contributed by atoms with Gasteiger partial charge in [-0.2, -0.15) is 0 Å². The van der Waals surface area contributed by atoms with Crippen molar-refractivity contribution in [2.75, 3.05) is 6.54 Å². The Labute approximate surface area is 108 Å². The van der Waals surface area contributed by atoms with Crippen LogP contribution in [-0.2, 0) is 5.60 Å². The van der Waals surface area contributed by atoms with E-state index in [2.05, 4.69) is 12.2 Å². The molecule has 2 N–H and O–H groups in total. The Hall–Kier alpha value is -0.930. The van der Waals surface area contributed by atoms with Gasteiger partial charge >= 0.3 is 0 Å². The maximum atomic E-state index is 13.4. The Bertz CT molecular complexity index is 391. The van der Waals surface area contributed by atoms with Crippen molar-refractivity contribution < 1.29 is 9.50 Å². The predicted molar refractivity (Wildman–Crippen MR) is 71.0 cm³/mol. The molecule has 0 aromatic heterocycles. The van der Waals surface area contributed by atoms with E-state index in [1.807, 2.05) is 13.0 Å². The summed E-state index contributed by atoms with van der Waals surface area (Å²) in [4.78, 5) is 0. The fourth-order valence-electron chi connectivity index (χ4n) is 2.88. The van der Waals surface area contributed by atoms with Crippen molar-refractivity contribution in [3.63, 3.8) is 0 Å². The SMILES string of the molecule is CCNC1CCC(O)(c2cc(C)cc(F)c2)CC1. The van der Waals surface area contributed by atoms with Crippen molar-refractivity contribution in [2.24, 2.45) is 0 Å². The molecule has 0 heterocycles. The highest BCUT2D eigenvalue weighted by molar-refractivity contribution is 5.29. The van der Waals surface area contributed by atoms with Crippen molar-refractivity contribution in [3.8, 4) is 0 Å². The summed E-state index contributed by atoms with van der Waals surface area (Å²) in [6.45, 7) is 4.92. The zero-order valence-corrected chi connectivity index (χ0v) is 11.2. The highest BCUT2D eigenvalue weighted by Gasteiger charge is 2.34. The van der Waals surface area contributed by atoms with Crippen LogP contribution in [0.25, 0.3) is 0 Å². The zero-order chi connectivity index (χ0) is 13.2. The predicted octanol–water partition coefficient (Wildman–Crippen LogP) is 2.87. The summed E-state index contributed by atoms with van der Waals surface area (Å²) in [5.74, 6) is -0.257. The third kappa shape index (κ3) is 2.90. The molecule has 1 aromatic rings. The van der Waals surface area contributed by atoms with Crippen molar-refractivity contribution in [3.05, 3.63) is 35.1 Å². The Morgan fingerprint density at radius 2 is 2.00 bits per heavy atom. The van der Waals surface area contributed by atoms with Gasteiger partial charge in [-0.3, -0.25) is 0 Å². The van der Waals surface area contributed by atoms with E-state index in [1.165, 1.54) is 12.1 Å². The maximum absolute atomic E-state index is 13.4. The molecule has 1 aliphatic carbocycles. The van der Waals surface area contributed by atoms with Crippen LogP contribution in [0, 0.1) is 12.7 Å². The lowest BCUT2D eigenvalue weighted by atomic mass is 9.77. The van der Waals surface area contributed by atoms with E-state index in [0.717, 1.165) is 30.5 Å². The molecule has 0 saturated heterocycles. The molecule has 1 aliphatic rings. The molecule has 2 rings (SSSR count). The van der Waals surface area contributed by atoms with Gasteiger partial charge < -0.3 is 10.4 Å². The average Bonchev–Trinajstić information content (AvgIpc) is 2.31. The lowest BCUT2D eigenvalue weighted by Crippen LogP contribution is -2.39. The lowest BCUT2D eigenvalue weighted by Gasteiger charge is -2.37. The van der Waals surface area contributed by atoms with E-state index in [0.29, 0.717) is 18.9 Å². The normalized spacial score (nSPS) is 28.3. The third-order valence-electron chi connectivity index (χ3n) is 3.89. The van der Waals surface area contributed by atoms with Crippen molar-refractivity contribution in [1.82, 2.24) is 5.32 Å². The van der Waals surface area contributed by atoms with E-state index in [4.69, 9.17) is 0 Å². The van der Waals surface area contributed by atoms with Crippen LogP contribution in [0.2, 0.25) is 0 Å². The van der Waals surface area contributed by atoms with Crippen LogP contribution in [0.15, 0.2) is 18.2 Å². The van der Waals surface area contributed by atoms with Crippen molar-refractivity contribution in [1.29, 1.82) is 0 Å². The Morgan fingerprint density at radius 1 is 1.33 bits per heavy atom. The molecule has 0 spiro atoms. The number of aryl methyl sites for hydroxylation is 1. The molecule has 0 bridgehead atoms. The van der Waals surface area contributed by atoms with Crippen LogP contribution >= 0.6 is 0 Å². The molecule has 1 saturated carbocycles. The van der Waals surface area contributed by atoms with Crippen LogP contribution < -0.4 is 5.32 Å². The molecule has 0 unspecified atom stereocenters. The highest BCUT2D eigenvalue weighted by Crippen LogP contribution is 2.37. The quantitative estimate of drug-likeness (QED) is 0.865. The van der Waals surface area contributed by atoms with Crippen LogP contribution in [0.3, 0.4) is 0 Å². The molecule has 1 fully saturated rings. The standard InChI is InChI=1S/C15H22FNO/c1-3-17-14-4-6-15(18,7-5-14)12-8-11(2)9-13(16)10-12/h8-10,14,17-18H,3-7H2,1-2H3. The fraction of sp³-hybridized carbons (Fsp3) is 0.600. The molecular formula is C15H22FNO.